The number of para-hydroxylation sites is 1. The smallest absolute Gasteiger partial charge is 0.229 e. The van der Waals surface area contributed by atoms with Crippen molar-refractivity contribution in [3.05, 3.63) is 29.8 Å². The highest BCUT2D eigenvalue weighted by molar-refractivity contribution is 5.85. The first-order valence-electron chi connectivity index (χ1n) is 5.84. The minimum Gasteiger partial charge on any atom is -0.486 e. The van der Waals surface area contributed by atoms with E-state index in [1.165, 1.54) is 0 Å². The van der Waals surface area contributed by atoms with Gasteiger partial charge in [-0.1, -0.05) is 39.0 Å². The first kappa shape index (κ1) is 12.0. The number of primary amides is 1. The molecule has 92 valence electrons. The van der Waals surface area contributed by atoms with E-state index in [1.54, 1.807) is 0 Å². The molecule has 0 saturated carbocycles. The molecule has 0 aliphatic carbocycles. The highest BCUT2D eigenvalue weighted by Crippen LogP contribution is 2.52. The molecule has 0 bridgehead atoms. The summed E-state index contributed by atoms with van der Waals surface area (Å²) in [6.07, 6.45) is 0. The molecule has 3 heteroatoms. The highest BCUT2D eigenvalue weighted by atomic mass is 16.5. The maximum Gasteiger partial charge on any atom is 0.229 e. The van der Waals surface area contributed by atoms with Crippen molar-refractivity contribution in [3.8, 4) is 5.75 Å². The minimum absolute atomic E-state index is 0.175. The molecule has 1 aromatic carbocycles. The fraction of sp³-hybridized carbons (Fsp3) is 0.500. The van der Waals surface area contributed by atoms with E-state index in [1.807, 2.05) is 31.2 Å². The molecule has 2 rings (SSSR count). The van der Waals surface area contributed by atoms with Crippen molar-refractivity contribution in [2.45, 2.75) is 39.2 Å². The minimum atomic E-state index is -0.595. The molecule has 1 aromatic rings. The number of benzene rings is 1. The fourth-order valence-electron chi connectivity index (χ4n) is 2.41. The van der Waals surface area contributed by atoms with Crippen LogP contribution in [0, 0.1) is 5.41 Å². The van der Waals surface area contributed by atoms with Gasteiger partial charge in [0.1, 0.15) is 17.3 Å². The Labute approximate surface area is 102 Å². The van der Waals surface area contributed by atoms with Gasteiger partial charge in [0.05, 0.1) is 0 Å². The van der Waals surface area contributed by atoms with Crippen LogP contribution in [0.1, 0.15) is 39.2 Å². The maximum absolute atomic E-state index is 11.8. The summed E-state index contributed by atoms with van der Waals surface area (Å²) in [4.78, 5) is 11.8. The second-order valence-electron chi connectivity index (χ2n) is 5.83. The van der Waals surface area contributed by atoms with Crippen molar-refractivity contribution in [1.82, 2.24) is 0 Å². The third-order valence-electron chi connectivity index (χ3n) is 3.88. The van der Waals surface area contributed by atoms with Gasteiger partial charge < -0.3 is 10.5 Å². The summed E-state index contributed by atoms with van der Waals surface area (Å²) in [7, 11) is 0. The Morgan fingerprint density at radius 3 is 2.47 bits per heavy atom. The van der Waals surface area contributed by atoms with E-state index in [0.717, 1.165) is 11.3 Å². The van der Waals surface area contributed by atoms with Crippen LogP contribution in [-0.2, 0) is 4.79 Å². The van der Waals surface area contributed by atoms with Crippen LogP contribution in [0.25, 0.3) is 0 Å². The van der Waals surface area contributed by atoms with Crippen molar-refractivity contribution in [2.75, 3.05) is 0 Å². The van der Waals surface area contributed by atoms with Crippen LogP contribution in [0.5, 0.6) is 5.75 Å². The SMILES string of the molecule is CC(C)(C)C1(C)Oc2ccccc2C1C(N)=O. The first-order valence-corrected chi connectivity index (χ1v) is 5.84. The quantitative estimate of drug-likeness (QED) is 0.810. The summed E-state index contributed by atoms with van der Waals surface area (Å²) in [5.74, 6) is 0.0554. The molecule has 2 N–H and O–H groups in total. The van der Waals surface area contributed by atoms with Crippen LogP contribution in [0.2, 0.25) is 0 Å². The van der Waals surface area contributed by atoms with Gasteiger partial charge >= 0.3 is 0 Å². The van der Waals surface area contributed by atoms with Gasteiger partial charge in [0.2, 0.25) is 5.91 Å². The maximum atomic E-state index is 11.8. The second-order valence-corrected chi connectivity index (χ2v) is 5.83. The summed E-state index contributed by atoms with van der Waals surface area (Å²) >= 11 is 0. The van der Waals surface area contributed by atoms with Crippen LogP contribution in [0.4, 0.5) is 0 Å². The monoisotopic (exact) mass is 233 g/mol. The number of ether oxygens (including phenoxy) is 1. The van der Waals surface area contributed by atoms with Crippen LogP contribution in [0.15, 0.2) is 24.3 Å². The van der Waals surface area contributed by atoms with Gasteiger partial charge in [-0.3, -0.25) is 4.79 Å². The summed E-state index contributed by atoms with van der Waals surface area (Å²) in [5, 5.41) is 0. The fourth-order valence-corrected chi connectivity index (χ4v) is 2.41. The van der Waals surface area contributed by atoms with E-state index in [4.69, 9.17) is 10.5 Å². The number of fused-ring (bicyclic) bond motifs is 1. The Hall–Kier alpha value is -1.51. The molecule has 0 saturated heterocycles. The Morgan fingerprint density at radius 2 is 1.94 bits per heavy atom. The van der Waals surface area contributed by atoms with Gasteiger partial charge in [0.25, 0.3) is 0 Å². The number of carbonyl (C=O) groups excluding carboxylic acids is 1. The van der Waals surface area contributed by atoms with E-state index in [2.05, 4.69) is 20.8 Å². The Morgan fingerprint density at radius 1 is 1.35 bits per heavy atom. The number of amides is 1. The largest absolute Gasteiger partial charge is 0.486 e. The summed E-state index contributed by atoms with van der Waals surface area (Å²) < 4.78 is 6.03. The summed E-state index contributed by atoms with van der Waals surface area (Å²) in [5.41, 5.74) is 5.70. The average molecular weight is 233 g/mol. The number of carbonyl (C=O) groups is 1. The van der Waals surface area contributed by atoms with Gasteiger partial charge in [-0.15, -0.1) is 0 Å². The van der Waals surface area contributed by atoms with E-state index >= 15 is 0 Å². The molecule has 1 heterocycles. The predicted molar refractivity (Wildman–Crippen MR) is 66.9 cm³/mol. The molecule has 2 unspecified atom stereocenters. The van der Waals surface area contributed by atoms with Crippen LogP contribution in [0.3, 0.4) is 0 Å². The molecule has 2 atom stereocenters. The first-order chi connectivity index (χ1) is 7.77. The normalized spacial score (nSPS) is 27.4. The standard InChI is InChI=1S/C14H19NO2/c1-13(2,3)14(4)11(12(15)16)9-7-5-6-8-10(9)17-14/h5-8,11H,1-4H3,(H2,15,16). The van der Waals surface area contributed by atoms with Crippen molar-refractivity contribution in [1.29, 1.82) is 0 Å². The van der Waals surface area contributed by atoms with Crippen LogP contribution in [-0.4, -0.2) is 11.5 Å². The number of hydrogen-bond acceptors (Lipinski definition) is 2. The lowest BCUT2D eigenvalue weighted by Gasteiger charge is -2.41. The zero-order chi connectivity index (χ0) is 12.8. The number of nitrogens with two attached hydrogens (primary N) is 1. The van der Waals surface area contributed by atoms with Crippen molar-refractivity contribution in [2.24, 2.45) is 11.1 Å². The van der Waals surface area contributed by atoms with E-state index in [9.17, 15) is 4.79 Å². The molecule has 3 nitrogen and oxygen atoms in total. The van der Waals surface area contributed by atoms with Gasteiger partial charge in [-0.2, -0.15) is 0 Å². The third kappa shape index (κ3) is 1.61. The van der Waals surface area contributed by atoms with Gasteiger partial charge in [-0.05, 0) is 13.0 Å². The van der Waals surface area contributed by atoms with Crippen molar-refractivity contribution in [3.63, 3.8) is 0 Å². The summed E-state index contributed by atoms with van der Waals surface area (Å²) in [6, 6.07) is 7.63. The van der Waals surface area contributed by atoms with E-state index in [-0.39, 0.29) is 11.3 Å². The average Bonchev–Trinajstić information content (AvgIpc) is 2.49. The Kier molecular flexibility index (Phi) is 2.45. The molecule has 1 amide bonds. The van der Waals surface area contributed by atoms with E-state index in [0.29, 0.717) is 0 Å². The Bertz CT molecular complexity index is 462. The van der Waals surface area contributed by atoms with E-state index < -0.39 is 11.5 Å². The van der Waals surface area contributed by atoms with Crippen LogP contribution >= 0.6 is 0 Å². The third-order valence-corrected chi connectivity index (χ3v) is 3.88. The Balaban J connectivity index is 2.58. The van der Waals surface area contributed by atoms with Crippen molar-refractivity contribution >= 4 is 5.91 Å². The molecule has 0 fully saturated rings. The summed E-state index contributed by atoms with van der Waals surface area (Å²) in [6.45, 7) is 8.15. The van der Waals surface area contributed by atoms with Crippen LogP contribution < -0.4 is 10.5 Å². The lowest BCUT2D eigenvalue weighted by Crippen LogP contribution is -2.50. The number of hydrogen-bond donors (Lipinski definition) is 1. The van der Waals surface area contributed by atoms with Gasteiger partial charge in [0, 0.05) is 11.0 Å². The molecule has 17 heavy (non-hydrogen) atoms. The predicted octanol–water partition coefficient (Wildman–Crippen LogP) is 2.45. The molecular weight excluding hydrogens is 214 g/mol. The molecule has 0 spiro atoms. The highest BCUT2D eigenvalue weighted by Gasteiger charge is 2.54. The number of rotatable bonds is 1. The lowest BCUT2D eigenvalue weighted by molar-refractivity contribution is -0.126. The van der Waals surface area contributed by atoms with Gasteiger partial charge in [-0.25, -0.2) is 0 Å². The second kappa shape index (κ2) is 3.49. The topological polar surface area (TPSA) is 52.3 Å². The zero-order valence-corrected chi connectivity index (χ0v) is 10.8. The molecule has 0 radical (unpaired) electrons. The molecule has 1 aliphatic heterocycles. The van der Waals surface area contributed by atoms with Gasteiger partial charge in [0.15, 0.2) is 0 Å². The molecular formula is C14H19NO2. The molecule has 1 aliphatic rings. The zero-order valence-electron chi connectivity index (χ0n) is 10.8. The van der Waals surface area contributed by atoms with Crippen molar-refractivity contribution < 1.29 is 9.53 Å². The lowest BCUT2D eigenvalue weighted by atomic mass is 9.69. The molecule has 0 aromatic heterocycles.